The highest BCUT2D eigenvalue weighted by Gasteiger charge is 2.44. The number of aliphatic carboxylic acids is 1. The summed E-state index contributed by atoms with van der Waals surface area (Å²) in [6.07, 6.45) is 3.21. The van der Waals surface area contributed by atoms with Crippen molar-refractivity contribution < 1.29 is 19.1 Å². The minimum Gasteiger partial charge on any atom is -0.481 e. The Bertz CT molecular complexity index is 567. The van der Waals surface area contributed by atoms with Crippen molar-refractivity contribution >= 4 is 11.9 Å². The second-order valence-electron chi connectivity index (χ2n) is 6.22. The number of likely N-dealkylation sites (N-methyl/N-ethyl adjacent to an activating group) is 1. The first-order chi connectivity index (χ1) is 10.4. The van der Waals surface area contributed by atoms with Crippen molar-refractivity contribution in [2.75, 3.05) is 13.6 Å². The number of amides is 1. The van der Waals surface area contributed by atoms with E-state index in [1.54, 1.807) is 26.1 Å². The van der Waals surface area contributed by atoms with Gasteiger partial charge in [0.25, 0.3) is 0 Å². The van der Waals surface area contributed by atoms with E-state index in [4.69, 9.17) is 5.11 Å². The molecule has 120 valence electrons. The topological polar surface area (TPSA) is 57.6 Å². The number of hydrogen-bond acceptors (Lipinski definition) is 2. The van der Waals surface area contributed by atoms with Crippen molar-refractivity contribution in [1.82, 2.24) is 4.90 Å². The summed E-state index contributed by atoms with van der Waals surface area (Å²) in [5.74, 6) is -2.01. The highest BCUT2D eigenvalue weighted by atomic mass is 19.1. The minimum atomic E-state index is -0.925. The Morgan fingerprint density at radius 1 is 1.36 bits per heavy atom. The molecule has 5 heteroatoms. The van der Waals surface area contributed by atoms with Gasteiger partial charge in [-0.2, -0.15) is 0 Å². The van der Waals surface area contributed by atoms with Crippen LogP contribution in [0.5, 0.6) is 0 Å². The molecule has 1 aliphatic carbocycles. The summed E-state index contributed by atoms with van der Waals surface area (Å²) in [5, 5.41) is 9.01. The van der Waals surface area contributed by atoms with E-state index in [9.17, 15) is 14.0 Å². The lowest BCUT2D eigenvalue weighted by molar-refractivity contribution is -0.143. The first-order valence-electron chi connectivity index (χ1n) is 7.61. The van der Waals surface area contributed by atoms with E-state index in [2.05, 4.69) is 0 Å². The number of benzene rings is 1. The average Bonchev–Trinajstić information content (AvgIpc) is 2.97. The maximum atomic E-state index is 13.6. The molecular formula is C17H22FNO3. The summed E-state index contributed by atoms with van der Waals surface area (Å²) >= 11 is 0. The molecule has 0 bridgehead atoms. The number of carbonyl (C=O) groups is 2. The van der Waals surface area contributed by atoms with Crippen LogP contribution in [-0.2, 0) is 15.0 Å². The summed E-state index contributed by atoms with van der Waals surface area (Å²) < 4.78 is 13.6. The number of nitrogens with zero attached hydrogens (tertiary/aromatic N) is 1. The summed E-state index contributed by atoms with van der Waals surface area (Å²) in [6.45, 7) is 1.74. The van der Waals surface area contributed by atoms with Crippen molar-refractivity contribution in [1.29, 1.82) is 0 Å². The van der Waals surface area contributed by atoms with E-state index < -0.39 is 17.3 Å². The van der Waals surface area contributed by atoms with Gasteiger partial charge < -0.3 is 10.0 Å². The Kier molecular flexibility index (Phi) is 4.84. The smallest absolute Gasteiger partial charge is 0.308 e. The van der Waals surface area contributed by atoms with Gasteiger partial charge in [-0.3, -0.25) is 9.59 Å². The van der Waals surface area contributed by atoms with Crippen LogP contribution in [0.2, 0.25) is 0 Å². The lowest BCUT2D eigenvalue weighted by Gasteiger charge is -2.33. The van der Waals surface area contributed by atoms with Gasteiger partial charge in [-0.15, -0.1) is 0 Å². The van der Waals surface area contributed by atoms with Gasteiger partial charge >= 0.3 is 5.97 Å². The number of carboxylic acids is 1. The molecule has 2 rings (SSSR count). The van der Waals surface area contributed by atoms with Crippen molar-refractivity contribution in [3.8, 4) is 0 Å². The third-order valence-electron chi connectivity index (χ3n) is 4.56. The van der Waals surface area contributed by atoms with Gasteiger partial charge in [-0.05, 0) is 30.5 Å². The molecule has 0 aromatic heterocycles. The van der Waals surface area contributed by atoms with Crippen molar-refractivity contribution in [3.63, 3.8) is 0 Å². The van der Waals surface area contributed by atoms with Crippen LogP contribution in [-0.4, -0.2) is 35.5 Å². The Balaban J connectivity index is 2.27. The zero-order valence-corrected chi connectivity index (χ0v) is 13.0. The predicted molar refractivity (Wildman–Crippen MR) is 81.0 cm³/mol. The fourth-order valence-electron chi connectivity index (χ4n) is 3.33. The lowest BCUT2D eigenvalue weighted by atomic mass is 9.77. The largest absolute Gasteiger partial charge is 0.481 e. The zero-order chi connectivity index (χ0) is 16.3. The first kappa shape index (κ1) is 16.5. The van der Waals surface area contributed by atoms with Crippen molar-refractivity contribution in [3.05, 3.63) is 35.6 Å². The van der Waals surface area contributed by atoms with Gasteiger partial charge in [0, 0.05) is 13.6 Å². The standard InChI is InChI=1S/C17H22FNO3/c1-12(15(20)21)11-19(2)16(22)17(8-3-4-9-17)13-6-5-7-14(18)10-13/h5-7,10,12H,3-4,8-9,11H2,1-2H3,(H,20,21). The SMILES string of the molecule is CC(CN(C)C(=O)C1(c2cccc(F)c2)CCCC1)C(=O)O. The van der Waals surface area contributed by atoms with Crippen LogP contribution in [0.1, 0.15) is 38.2 Å². The molecule has 1 atom stereocenters. The van der Waals surface area contributed by atoms with E-state index >= 15 is 0 Å². The molecule has 4 nitrogen and oxygen atoms in total. The van der Waals surface area contributed by atoms with Crippen molar-refractivity contribution in [2.24, 2.45) is 5.92 Å². The summed E-state index contributed by atoms with van der Waals surface area (Å²) in [4.78, 5) is 25.4. The third kappa shape index (κ3) is 3.13. The molecule has 0 spiro atoms. The van der Waals surface area contributed by atoms with E-state index in [0.29, 0.717) is 18.4 Å². The summed E-state index contributed by atoms with van der Waals surface area (Å²) in [5.41, 5.74) is -0.0143. The Morgan fingerprint density at radius 3 is 2.55 bits per heavy atom. The Labute approximate surface area is 129 Å². The van der Waals surface area contributed by atoms with Crippen LogP contribution in [0.4, 0.5) is 4.39 Å². The molecule has 1 unspecified atom stereocenters. The summed E-state index contributed by atoms with van der Waals surface area (Å²) in [6, 6.07) is 6.21. The van der Waals surface area contributed by atoms with Gasteiger partial charge in [-0.25, -0.2) is 4.39 Å². The molecule has 1 aromatic rings. The Morgan fingerprint density at radius 2 is 2.00 bits per heavy atom. The molecule has 0 aliphatic heterocycles. The quantitative estimate of drug-likeness (QED) is 0.910. The molecule has 1 amide bonds. The number of hydrogen-bond donors (Lipinski definition) is 1. The fourth-order valence-corrected chi connectivity index (χ4v) is 3.33. The minimum absolute atomic E-state index is 0.108. The number of rotatable bonds is 5. The van der Waals surface area contributed by atoms with E-state index in [-0.39, 0.29) is 18.3 Å². The Hall–Kier alpha value is -1.91. The molecule has 1 saturated carbocycles. The maximum Gasteiger partial charge on any atom is 0.308 e. The van der Waals surface area contributed by atoms with Gasteiger partial charge in [0.2, 0.25) is 5.91 Å². The van der Waals surface area contributed by atoms with Gasteiger partial charge in [-0.1, -0.05) is 31.9 Å². The second-order valence-corrected chi connectivity index (χ2v) is 6.22. The van der Waals surface area contributed by atoms with Crippen LogP contribution in [0.25, 0.3) is 0 Å². The molecule has 1 aromatic carbocycles. The lowest BCUT2D eigenvalue weighted by Crippen LogP contribution is -2.45. The van der Waals surface area contributed by atoms with Crippen LogP contribution in [0.3, 0.4) is 0 Å². The van der Waals surface area contributed by atoms with Crippen LogP contribution in [0, 0.1) is 11.7 Å². The van der Waals surface area contributed by atoms with Gasteiger partial charge in [0.15, 0.2) is 0 Å². The molecule has 1 fully saturated rings. The predicted octanol–water partition coefficient (Wildman–Crippen LogP) is 2.82. The van der Waals surface area contributed by atoms with E-state index in [1.165, 1.54) is 17.0 Å². The molecule has 22 heavy (non-hydrogen) atoms. The fraction of sp³-hybridized carbons (Fsp3) is 0.529. The highest BCUT2D eigenvalue weighted by Crippen LogP contribution is 2.42. The maximum absolute atomic E-state index is 13.6. The first-order valence-corrected chi connectivity index (χ1v) is 7.61. The van der Waals surface area contributed by atoms with Crippen LogP contribution in [0.15, 0.2) is 24.3 Å². The van der Waals surface area contributed by atoms with E-state index in [1.807, 2.05) is 0 Å². The second kappa shape index (κ2) is 6.46. The van der Waals surface area contributed by atoms with Gasteiger partial charge in [0.05, 0.1) is 11.3 Å². The van der Waals surface area contributed by atoms with Crippen LogP contribution < -0.4 is 0 Å². The van der Waals surface area contributed by atoms with Gasteiger partial charge in [0.1, 0.15) is 5.82 Å². The number of halogens is 1. The number of carbonyl (C=O) groups excluding carboxylic acids is 1. The third-order valence-corrected chi connectivity index (χ3v) is 4.56. The van der Waals surface area contributed by atoms with E-state index in [0.717, 1.165) is 12.8 Å². The van der Waals surface area contributed by atoms with Crippen LogP contribution >= 0.6 is 0 Å². The molecule has 0 radical (unpaired) electrons. The summed E-state index contributed by atoms with van der Waals surface area (Å²) in [7, 11) is 1.63. The number of carboxylic acid groups (broad SMARTS) is 1. The normalized spacial score (nSPS) is 18.0. The zero-order valence-electron chi connectivity index (χ0n) is 13.0. The molecular weight excluding hydrogens is 285 g/mol. The molecule has 0 heterocycles. The highest BCUT2D eigenvalue weighted by molar-refractivity contribution is 5.88. The van der Waals surface area contributed by atoms with Crippen molar-refractivity contribution in [2.45, 2.75) is 38.0 Å². The molecule has 0 saturated heterocycles. The molecule has 1 aliphatic rings. The monoisotopic (exact) mass is 307 g/mol. The molecule has 1 N–H and O–H groups in total. The average molecular weight is 307 g/mol.